The predicted molar refractivity (Wildman–Crippen MR) is 232 cm³/mol. The molecule has 324 valence electrons. The largest absolute Gasteiger partial charge is 0.453 e. The van der Waals surface area contributed by atoms with Crippen molar-refractivity contribution in [2.45, 2.75) is 49.9 Å². The van der Waals surface area contributed by atoms with Crippen molar-refractivity contribution in [3.8, 4) is 22.5 Å². The third kappa shape index (κ3) is 7.78. The quantitative estimate of drug-likeness (QED) is 0.114. The number of carbonyl (C=O) groups excluding carboxylic acids is 6. The Kier molecular flexibility index (Phi) is 11.3. The Morgan fingerprint density at radius 1 is 0.594 bits per heavy atom. The second-order valence-corrected chi connectivity index (χ2v) is 15.9. The molecule has 0 saturated carbocycles. The van der Waals surface area contributed by atoms with Crippen molar-refractivity contribution in [3.63, 3.8) is 0 Å². The molecule has 2 fully saturated rings. The summed E-state index contributed by atoms with van der Waals surface area (Å²) in [4.78, 5) is 100. The van der Waals surface area contributed by atoms with Gasteiger partial charge in [-0.1, -0.05) is 72.8 Å². The highest BCUT2D eigenvalue weighted by atomic mass is 16.5. The number of fused-ring (bicyclic) bond motifs is 2. The summed E-state index contributed by atoms with van der Waals surface area (Å²) in [6.45, 7) is 0.939. The number of rotatable bonds is 10. The van der Waals surface area contributed by atoms with Gasteiger partial charge in [0.2, 0.25) is 0 Å². The van der Waals surface area contributed by atoms with Gasteiger partial charge in [-0.3, -0.25) is 19.2 Å². The lowest BCUT2D eigenvalue weighted by atomic mass is 9.82. The number of benzene rings is 4. The number of aromatic amines is 2. The SMILES string of the molecule is COC(=O)N[C@H](C(=O)N1CCC[C@@H]1c1ncc(-c2ccc3c(c2)C(=O)c2ccc(-c4cnc([C@@H]5CCCN5C(=O)[C@H](NC(=O)OC)c5ccccc5)[nH]4)cc2C3=O)[nH]1)c1ccccc1. The molecule has 16 nitrogen and oxygen atoms in total. The molecule has 4 amide bonds. The first-order valence-corrected chi connectivity index (χ1v) is 21.0. The molecule has 3 aliphatic rings. The van der Waals surface area contributed by atoms with Crippen molar-refractivity contribution >= 4 is 35.6 Å². The van der Waals surface area contributed by atoms with Gasteiger partial charge in [0.05, 0.1) is 50.1 Å². The molecule has 9 rings (SSSR count). The summed E-state index contributed by atoms with van der Waals surface area (Å²) in [5, 5.41) is 5.35. The molecule has 4 N–H and O–H groups in total. The number of methoxy groups -OCH3 is 2. The minimum absolute atomic E-state index is 0.265. The molecule has 2 saturated heterocycles. The zero-order valence-corrected chi connectivity index (χ0v) is 35.0. The first-order valence-electron chi connectivity index (χ1n) is 21.0. The molecule has 4 atom stereocenters. The topological polar surface area (TPSA) is 209 Å². The predicted octanol–water partition coefficient (Wildman–Crippen LogP) is 6.76. The number of aromatic nitrogens is 4. The highest BCUT2D eigenvalue weighted by Gasteiger charge is 2.39. The standard InChI is InChI=1S/C48H44N8O8/c1-63-47(61)53-39(27-11-5-3-6-12-27)45(59)55-21-9-15-37(55)43-49-25-35(51-43)29-17-19-31-33(23-29)41(57)32-20-18-30(24-34(32)42(31)58)36-26-50-44(52-36)38-16-10-22-56(38)46(60)40(54-48(62)64-2)28-13-7-4-8-14-28/h3-8,11-14,17-20,23-26,37-40H,9-10,15-16,21-22H2,1-2H3,(H,49,51)(H,50,52)(H,53,61)(H,54,62)/t37-,38+,39+,40-. The number of ketones is 2. The summed E-state index contributed by atoms with van der Waals surface area (Å²) in [5.41, 5.74) is 4.83. The summed E-state index contributed by atoms with van der Waals surface area (Å²) in [7, 11) is 2.49. The van der Waals surface area contributed by atoms with Crippen LogP contribution in [0.2, 0.25) is 0 Å². The third-order valence-corrected chi connectivity index (χ3v) is 12.2. The van der Waals surface area contributed by atoms with Gasteiger partial charge in [-0.25, -0.2) is 19.6 Å². The number of nitrogens with one attached hydrogen (secondary N) is 4. The van der Waals surface area contributed by atoms with Gasteiger partial charge in [-0.05, 0) is 61.1 Å². The van der Waals surface area contributed by atoms with Crippen molar-refractivity contribution in [2.24, 2.45) is 0 Å². The molecule has 0 spiro atoms. The van der Waals surface area contributed by atoms with Gasteiger partial charge in [-0.15, -0.1) is 0 Å². The summed E-state index contributed by atoms with van der Waals surface area (Å²) in [6, 6.07) is 25.5. The molecule has 0 unspecified atom stereocenters. The van der Waals surface area contributed by atoms with Gasteiger partial charge in [0.15, 0.2) is 11.6 Å². The van der Waals surface area contributed by atoms with E-state index in [1.807, 2.05) is 12.1 Å². The van der Waals surface area contributed by atoms with E-state index in [1.165, 1.54) is 14.2 Å². The van der Waals surface area contributed by atoms with E-state index in [1.54, 1.807) is 107 Å². The lowest BCUT2D eigenvalue weighted by molar-refractivity contribution is -0.135. The Labute approximate surface area is 367 Å². The summed E-state index contributed by atoms with van der Waals surface area (Å²) in [6.07, 6.45) is 4.62. The first-order chi connectivity index (χ1) is 31.1. The number of H-pyrrole nitrogens is 2. The van der Waals surface area contributed by atoms with Crippen LogP contribution in [0.25, 0.3) is 22.5 Å². The average Bonchev–Trinajstić information content (AvgIpc) is 4.19. The highest BCUT2D eigenvalue weighted by molar-refractivity contribution is 6.29. The number of amides is 4. The second kappa shape index (κ2) is 17.5. The monoisotopic (exact) mass is 860 g/mol. The van der Waals surface area contributed by atoms with Crippen LogP contribution in [-0.2, 0) is 19.1 Å². The molecule has 0 bridgehead atoms. The van der Waals surface area contributed by atoms with Crippen LogP contribution in [0, 0.1) is 0 Å². The van der Waals surface area contributed by atoms with Crippen LogP contribution < -0.4 is 10.6 Å². The number of hydrogen-bond acceptors (Lipinski definition) is 10. The summed E-state index contributed by atoms with van der Waals surface area (Å²) >= 11 is 0. The fourth-order valence-corrected chi connectivity index (χ4v) is 8.97. The van der Waals surface area contributed by atoms with Crippen LogP contribution in [0.4, 0.5) is 9.59 Å². The average molecular weight is 861 g/mol. The van der Waals surface area contributed by atoms with Crippen LogP contribution in [0.1, 0.15) is 104 Å². The van der Waals surface area contributed by atoms with E-state index in [-0.39, 0.29) is 57.7 Å². The Morgan fingerprint density at radius 2 is 1.00 bits per heavy atom. The van der Waals surface area contributed by atoms with Crippen LogP contribution in [0.15, 0.2) is 109 Å². The summed E-state index contributed by atoms with van der Waals surface area (Å²) < 4.78 is 9.64. The number of alkyl carbamates (subject to hydrolysis) is 2. The maximum atomic E-state index is 14.1. The normalized spacial score (nSPS) is 17.6. The van der Waals surface area contributed by atoms with E-state index in [2.05, 4.69) is 30.6 Å². The van der Waals surface area contributed by atoms with E-state index in [9.17, 15) is 28.8 Å². The maximum Gasteiger partial charge on any atom is 0.407 e. The smallest absolute Gasteiger partial charge is 0.407 e. The Balaban J connectivity index is 0.921. The second-order valence-electron chi connectivity index (χ2n) is 15.9. The summed E-state index contributed by atoms with van der Waals surface area (Å²) in [5.74, 6) is -0.0557. The Hall–Kier alpha value is -7.88. The molecule has 0 radical (unpaired) electrons. The number of hydrogen-bond donors (Lipinski definition) is 4. The van der Waals surface area contributed by atoms with Gasteiger partial charge >= 0.3 is 12.2 Å². The van der Waals surface area contributed by atoms with E-state index in [4.69, 9.17) is 9.47 Å². The lowest BCUT2D eigenvalue weighted by Gasteiger charge is -2.28. The molecule has 64 heavy (non-hydrogen) atoms. The molecule has 2 aliphatic heterocycles. The van der Waals surface area contributed by atoms with E-state index >= 15 is 0 Å². The fourth-order valence-electron chi connectivity index (χ4n) is 8.97. The van der Waals surface area contributed by atoms with Crippen LogP contribution in [-0.4, -0.2) is 92.6 Å². The highest BCUT2D eigenvalue weighted by Crippen LogP contribution is 2.38. The molecular weight excluding hydrogens is 817 g/mol. The van der Waals surface area contributed by atoms with E-state index in [0.717, 1.165) is 12.8 Å². The molecule has 16 heteroatoms. The molecule has 2 aromatic heterocycles. The van der Waals surface area contributed by atoms with Gasteiger partial charge in [0.25, 0.3) is 11.8 Å². The van der Waals surface area contributed by atoms with Crippen LogP contribution in [0.3, 0.4) is 0 Å². The number of ether oxygens (including phenoxy) is 2. The maximum absolute atomic E-state index is 14.1. The number of imidazole rings is 2. The Bertz CT molecular complexity index is 2600. The third-order valence-electron chi connectivity index (χ3n) is 12.2. The van der Waals surface area contributed by atoms with Gasteiger partial charge < -0.3 is 39.9 Å². The van der Waals surface area contributed by atoms with E-state index < -0.39 is 24.3 Å². The van der Waals surface area contributed by atoms with Crippen molar-refractivity contribution in [3.05, 3.63) is 154 Å². The molecule has 4 aromatic carbocycles. The van der Waals surface area contributed by atoms with E-state index in [0.29, 0.717) is 71.2 Å². The van der Waals surface area contributed by atoms with Crippen LogP contribution >= 0.6 is 0 Å². The van der Waals surface area contributed by atoms with Gasteiger partial charge in [0.1, 0.15) is 23.7 Å². The molecular formula is C48H44N8O8. The first kappa shape index (κ1) is 41.5. The molecule has 6 aromatic rings. The van der Waals surface area contributed by atoms with Crippen molar-refractivity contribution < 1.29 is 38.2 Å². The zero-order chi connectivity index (χ0) is 44.5. The Morgan fingerprint density at radius 3 is 1.39 bits per heavy atom. The molecule has 1 aliphatic carbocycles. The number of likely N-dealkylation sites (tertiary alicyclic amines) is 2. The van der Waals surface area contributed by atoms with Crippen molar-refractivity contribution in [1.82, 2.24) is 40.4 Å². The fraction of sp³-hybridized carbons (Fsp3) is 0.250. The van der Waals surface area contributed by atoms with Crippen LogP contribution in [0.5, 0.6) is 0 Å². The number of carbonyl (C=O) groups is 6. The lowest BCUT2D eigenvalue weighted by Crippen LogP contribution is -2.42. The zero-order valence-electron chi connectivity index (χ0n) is 35.0. The van der Waals surface area contributed by atoms with Crippen molar-refractivity contribution in [2.75, 3.05) is 27.3 Å². The van der Waals surface area contributed by atoms with Crippen molar-refractivity contribution in [1.29, 1.82) is 0 Å². The van der Waals surface area contributed by atoms with Gasteiger partial charge in [0, 0.05) is 46.5 Å². The number of nitrogens with zero attached hydrogens (tertiary/aromatic N) is 4. The minimum atomic E-state index is -0.957. The minimum Gasteiger partial charge on any atom is -0.453 e. The molecule has 4 heterocycles. The van der Waals surface area contributed by atoms with Gasteiger partial charge in [-0.2, -0.15) is 0 Å².